The van der Waals surface area contributed by atoms with Crippen molar-refractivity contribution < 1.29 is 9.90 Å². The Morgan fingerprint density at radius 1 is 1.22 bits per heavy atom. The van der Waals surface area contributed by atoms with Crippen LogP contribution in [0, 0.1) is 0 Å². The second-order valence-electron chi connectivity index (χ2n) is 4.34. The Bertz CT molecular complexity index is 553. The molecule has 4 heteroatoms. The van der Waals surface area contributed by atoms with Gasteiger partial charge in [-0.05, 0) is 17.0 Å². The summed E-state index contributed by atoms with van der Waals surface area (Å²) in [5.74, 6) is 0. The van der Waals surface area contributed by atoms with Crippen LogP contribution < -0.4 is 0 Å². The van der Waals surface area contributed by atoms with Crippen LogP contribution in [0.15, 0.2) is 41.8 Å². The Morgan fingerprint density at radius 3 is 2.67 bits per heavy atom. The monoisotopic (exact) mass is 259 g/mol. The molecular formula is C14H13NO2S. The first-order chi connectivity index (χ1) is 8.81. The van der Waals surface area contributed by atoms with E-state index in [9.17, 15) is 9.90 Å². The molecule has 0 fully saturated rings. The number of carbonyl (C=O) groups is 1. The molecule has 3 nitrogen and oxygen atoms in total. The number of aliphatic hydroxyl groups excluding tert-OH is 1. The van der Waals surface area contributed by atoms with Crippen LogP contribution in [0.5, 0.6) is 0 Å². The van der Waals surface area contributed by atoms with Gasteiger partial charge in [-0.15, -0.1) is 11.3 Å². The molecule has 2 atom stereocenters. The topological polar surface area (TPSA) is 40.5 Å². The third-order valence-electron chi connectivity index (χ3n) is 3.31. The molecule has 0 amide bonds. The van der Waals surface area contributed by atoms with Crippen molar-refractivity contribution in [3.8, 4) is 0 Å². The summed E-state index contributed by atoms with van der Waals surface area (Å²) in [4.78, 5) is 14.3. The average molecular weight is 259 g/mol. The van der Waals surface area contributed by atoms with Gasteiger partial charge >= 0.3 is 0 Å². The number of nitrogens with zero attached hydrogens (tertiary/aromatic N) is 1. The van der Waals surface area contributed by atoms with Gasteiger partial charge in [0.2, 0.25) is 0 Å². The summed E-state index contributed by atoms with van der Waals surface area (Å²) in [5.41, 5.74) is 1.75. The molecule has 0 spiro atoms. The third kappa shape index (κ3) is 1.79. The number of aldehydes is 1. The Kier molecular flexibility index (Phi) is 2.99. The fourth-order valence-corrected chi connectivity index (χ4v) is 3.16. The van der Waals surface area contributed by atoms with E-state index >= 15 is 0 Å². The van der Waals surface area contributed by atoms with Crippen molar-refractivity contribution in [3.63, 3.8) is 0 Å². The molecule has 0 radical (unpaired) electrons. The normalized spacial score (nSPS) is 22.9. The lowest BCUT2D eigenvalue weighted by Crippen LogP contribution is -2.26. The molecule has 1 aromatic carbocycles. The van der Waals surface area contributed by atoms with E-state index < -0.39 is 6.23 Å². The van der Waals surface area contributed by atoms with Gasteiger partial charge in [-0.1, -0.05) is 30.3 Å². The first-order valence-electron chi connectivity index (χ1n) is 5.81. The molecule has 0 bridgehead atoms. The molecule has 18 heavy (non-hydrogen) atoms. The highest BCUT2D eigenvalue weighted by molar-refractivity contribution is 7.09. The van der Waals surface area contributed by atoms with Crippen molar-refractivity contribution in [2.24, 2.45) is 0 Å². The molecule has 2 aromatic rings. The Morgan fingerprint density at radius 2 is 2.00 bits per heavy atom. The van der Waals surface area contributed by atoms with Crippen molar-refractivity contribution in [3.05, 3.63) is 57.8 Å². The van der Waals surface area contributed by atoms with Crippen LogP contribution in [-0.4, -0.2) is 16.3 Å². The highest BCUT2D eigenvalue weighted by atomic mass is 32.1. The lowest BCUT2D eigenvalue weighted by atomic mass is 10.1. The van der Waals surface area contributed by atoms with Gasteiger partial charge in [0, 0.05) is 17.0 Å². The van der Waals surface area contributed by atoms with Gasteiger partial charge in [0.05, 0.1) is 6.04 Å². The standard InChI is InChI=1S/C14H13NO2S/c16-9-13-11-5-1-2-6-12(11)14(17)15(13)8-10-4-3-7-18-10/h1-7,9,13-14,17H,8H2. The minimum absolute atomic E-state index is 0.349. The van der Waals surface area contributed by atoms with E-state index in [2.05, 4.69) is 0 Å². The zero-order valence-corrected chi connectivity index (χ0v) is 10.5. The van der Waals surface area contributed by atoms with E-state index in [0.717, 1.165) is 22.3 Å². The number of aliphatic hydroxyl groups is 1. The minimum atomic E-state index is -0.696. The number of hydrogen-bond donors (Lipinski definition) is 1. The van der Waals surface area contributed by atoms with Crippen molar-refractivity contribution in [1.29, 1.82) is 0 Å². The lowest BCUT2D eigenvalue weighted by molar-refractivity contribution is -0.116. The van der Waals surface area contributed by atoms with E-state index in [4.69, 9.17) is 0 Å². The molecular weight excluding hydrogens is 246 g/mol. The van der Waals surface area contributed by atoms with Gasteiger partial charge in [-0.3, -0.25) is 4.90 Å². The summed E-state index contributed by atoms with van der Waals surface area (Å²) < 4.78 is 0. The summed E-state index contributed by atoms with van der Waals surface area (Å²) in [6, 6.07) is 11.2. The first-order valence-corrected chi connectivity index (χ1v) is 6.69. The molecule has 0 saturated heterocycles. The predicted octanol–water partition coefficient (Wildman–Crippen LogP) is 2.49. The SMILES string of the molecule is O=CC1c2ccccc2C(O)N1Cc1cccs1. The van der Waals surface area contributed by atoms with E-state index in [1.165, 1.54) is 0 Å². The van der Waals surface area contributed by atoms with Crippen LogP contribution in [0.25, 0.3) is 0 Å². The molecule has 92 valence electrons. The van der Waals surface area contributed by atoms with Crippen LogP contribution in [0.2, 0.25) is 0 Å². The fraction of sp³-hybridized carbons (Fsp3) is 0.214. The highest BCUT2D eigenvalue weighted by Gasteiger charge is 2.36. The fourth-order valence-electron chi connectivity index (χ4n) is 2.44. The summed E-state index contributed by atoms with van der Waals surface area (Å²) in [6.07, 6.45) is 0.210. The second-order valence-corrected chi connectivity index (χ2v) is 5.37. The number of carbonyl (C=O) groups excluding carboxylic acids is 1. The summed E-state index contributed by atoms with van der Waals surface area (Å²) in [7, 11) is 0. The zero-order valence-electron chi connectivity index (χ0n) is 9.69. The molecule has 1 aliphatic rings. The van der Waals surface area contributed by atoms with Crippen LogP contribution in [-0.2, 0) is 11.3 Å². The van der Waals surface area contributed by atoms with Gasteiger partial charge < -0.3 is 9.90 Å². The number of benzene rings is 1. The van der Waals surface area contributed by atoms with Crippen LogP contribution in [0.4, 0.5) is 0 Å². The molecule has 0 saturated carbocycles. The Balaban J connectivity index is 1.94. The number of rotatable bonds is 3. The molecule has 1 aliphatic heterocycles. The number of fused-ring (bicyclic) bond motifs is 1. The van der Waals surface area contributed by atoms with Gasteiger partial charge in [0.15, 0.2) is 0 Å². The third-order valence-corrected chi connectivity index (χ3v) is 4.17. The quantitative estimate of drug-likeness (QED) is 0.861. The molecule has 2 heterocycles. The van der Waals surface area contributed by atoms with Crippen molar-refractivity contribution in [1.82, 2.24) is 4.90 Å². The van der Waals surface area contributed by atoms with Crippen molar-refractivity contribution in [2.75, 3.05) is 0 Å². The number of thiophene rings is 1. The molecule has 3 rings (SSSR count). The summed E-state index contributed by atoms with van der Waals surface area (Å²) in [5, 5.41) is 12.3. The van der Waals surface area contributed by atoms with E-state index in [-0.39, 0.29) is 6.04 Å². The van der Waals surface area contributed by atoms with Crippen LogP contribution in [0.1, 0.15) is 28.3 Å². The molecule has 2 unspecified atom stereocenters. The van der Waals surface area contributed by atoms with Gasteiger partial charge in [0.25, 0.3) is 0 Å². The predicted molar refractivity (Wildman–Crippen MR) is 70.1 cm³/mol. The lowest BCUT2D eigenvalue weighted by Gasteiger charge is -2.23. The van der Waals surface area contributed by atoms with E-state index in [0.29, 0.717) is 6.54 Å². The summed E-state index contributed by atoms with van der Waals surface area (Å²) >= 11 is 1.63. The van der Waals surface area contributed by atoms with Crippen LogP contribution in [0.3, 0.4) is 0 Å². The van der Waals surface area contributed by atoms with Gasteiger partial charge in [-0.25, -0.2) is 0 Å². The Labute approximate surface area is 109 Å². The highest BCUT2D eigenvalue weighted by Crippen LogP contribution is 2.40. The van der Waals surface area contributed by atoms with Crippen molar-refractivity contribution in [2.45, 2.75) is 18.8 Å². The molecule has 1 aromatic heterocycles. The maximum absolute atomic E-state index is 11.3. The largest absolute Gasteiger partial charge is 0.374 e. The molecule has 1 N–H and O–H groups in total. The summed E-state index contributed by atoms with van der Waals surface area (Å²) in [6.45, 7) is 0.594. The maximum atomic E-state index is 11.3. The average Bonchev–Trinajstić information content (AvgIpc) is 2.99. The zero-order chi connectivity index (χ0) is 12.5. The first kappa shape index (κ1) is 11.6. The molecule has 0 aliphatic carbocycles. The van der Waals surface area contributed by atoms with E-state index in [1.807, 2.05) is 46.7 Å². The smallest absolute Gasteiger partial charge is 0.141 e. The number of hydrogen-bond acceptors (Lipinski definition) is 4. The second kappa shape index (κ2) is 4.65. The minimum Gasteiger partial charge on any atom is -0.374 e. The van der Waals surface area contributed by atoms with Crippen molar-refractivity contribution >= 4 is 17.6 Å². The van der Waals surface area contributed by atoms with Gasteiger partial charge in [-0.2, -0.15) is 0 Å². The van der Waals surface area contributed by atoms with Gasteiger partial charge in [0.1, 0.15) is 12.5 Å². The Hall–Kier alpha value is -1.49. The van der Waals surface area contributed by atoms with E-state index in [1.54, 1.807) is 11.3 Å². The maximum Gasteiger partial charge on any atom is 0.141 e. The van der Waals surface area contributed by atoms with Crippen LogP contribution >= 0.6 is 11.3 Å².